The average molecular weight is 348 g/mol. The fraction of sp³-hybridized carbons (Fsp3) is 0.632. The van der Waals surface area contributed by atoms with E-state index in [2.05, 4.69) is 42.0 Å². The van der Waals surface area contributed by atoms with Crippen LogP contribution in [0.4, 0.5) is 10.5 Å². The monoisotopic (exact) mass is 347 g/mol. The van der Waals surface area contributed by atoms with Gasteiger partial charge >= 0.3 is 6.03 Å². The van der Waals surface area contributed by atoms with Crippen LogP contribution in [0.2, 0.25) is 0 Å². The summed E-state index contributed by atoms with van der Waals surface area (Å²) >= 11 is 1.50. The number of anilines is 1. The first-order valence-electron chi connectivity index (χ1n) is 9.08. The largest absolute Gasteiger partial charge is 0.329 e. The Morgan fingerprint density at radius 1 is 1.17 bits per heavy atom. The fourth-order valence-electron chi connectivity index (χ4n) is 3.71. The SMILES string of the molecule is CC(CCSNC(=O)Nc1c2c(cc3c1CCC3)CCC2)N(C)C. The Hall–Kier alpha value is -1.20. The molecule has 24 heavy (non-hydrogen) atoms. The summed E-state index contributed by atoms with van der Waals surface area (Å²) in [5.74, 6) is 0.928. The molecule has 1 unspecified atom stereocenters. The molecule has 0 bridgehead atoms. The molecule has 2 N–H and O–H groups in total. The van der Waals surface area contributed by atoms with E-state index >= 15 is 0 Å². The Labute approximate surface area is 149 Å². The number of aryl methyl sites for hydroxylation is 2. The van der Waals surface area contributed by atoms with Gasteiger partial charge in [0.15, 0.2) is 0 Å². The van der Waals surface area contributed by atoms with Gasteiger partial charge in [0.25, 0.3) is 0 Å². The van der Waals surface area contributed by atoms with Gasteiger partial charge < -0.3 is 10.2 Å². The van der Waals surface area contributed by atoms with Crippen molar-refractivity contribution in [1.29, 1.82) is 0 Å². The molecule has 5 heteroatoms. The minimum absolute atomic E-state index is 0.0769. The molecule has 0 saturated heterocycles. The number of carbonyl (C=O) groups is 1. The van der Waals surface area contributed by atoms with Gasteiger partial charge in [-0.25, -0.2) is 4.79 Å². The molecule has 0 radical (unpaired) electrons. The van der Waals surface area contributed by atoms with E-state index in [9.17, 15) is 4.79 Å². The van der Waals surface area contributed by atoms with Crippen LogP contribution in [-0.2, 0) is 25.7 Å². The van der Waals surface area contributed by atoms with Gasteiger partial charge in [-0.15, -0.1) is 0 Å². The lowest BCUT2D eigenvalue weighted by Gasteiger charge is -2.19. The van der Waals surface area contributed by atoms with Crippen LogP contribution < -0.4 is 10.0 Å². The number of rotatable bonds is 6. The van der Waals surface area contributed by atoms with E-state index in [-0.39, 0.29) is 6.03 Å². The van der Waals surface area contributed by atoms with E-state index in [1.165, 1.54) is 47.0 Å². The molecule has 2 aliphatic carbocycles. The van der Waals surface area contributed by atoms with Gasteiger partial charge in [-0.2, -0.15) is 0 Å². The highest BCUT2D eigenvalue weighted by Gasteiger charge is 2.24. The van der Waals surface area contributed by atoms with Crippen LogP contribution in [0.25, 0.3) is 0 Å². The summed E-state index contributed by atoms with van der Waals surface area (Å²) in [5, 5.41) is 3.17. The van der Waals surface area contributed by atoms with Gasteiger partial charge in [0.1, 0.15) is 0 Å². The molecule has 132 valence electrons. The molecule has 2 amide bonds. The molecule has 0 heterocycles. The molecule has 0 saturated carbocycles. The molecule has 1 atom stereocenters. The second kappa shape index (κ2) is 7.79. The normalized spacial score (nSPS) is 16.8. The van der Waals surface area contributed by atoms with Gasteiger partial charge in [-0.1, -0.05) is 6.07 Å². The lowest BCUT2D eigenvalue weighted by atomic mass is 9.99. The molecule has 0 spiro atoms. The van der Waals surface area contributed by atoms with Gasteiger partial charge in [-0.05, 0) is 100 Å². The summed E-state index contributed by atoms with van der Waals surface area (Å²) in [6.07, 6.45) is 8.02. The standard InChI is InChI=1S/C19H29N3OS/c1-13(22(2)3)10-11-24-21-19(23)20-18-16-8-4-6-14(16)12-15-7-5-9-17(15)18/h12-13H,4-11H2,1-3H3,(H2,20,21,23). The number of hydrogen-bond donors (Lipinski definition) is 2. The number of nitrogens with zero attached hydrogens (tertiary/aromatic N) is 1. The van der Waals surface area contributed by atoms with E-state index in [4.69, 9.17) is 0 Å². The van der Waals surface area contributed by atoms with Crippen molar-refractivity contribution in [2.24, 2.45) is 0 Å². The second-order valence-corrected chi connectivity index (χ2v) is 8.14. The van der Waals surface area contributed by atoms with Crippen LogP contribution in [0.15, 0.2) is 6.07 Å². The van der Waals surface area contributed by atoms with Crippen molar-refractivity contribution in [3.63, 3.8) is 0 Å². The van der Waals surface area contributed by atoms with Crippen LogP contribution in [0, 0.1) is 0 Å². The Morgan fingerprint density at radius 3 is 2.38 bits per heavy atom. The number of benzene rings is 1. The highest BCUT2D eigenvalue weighted by atomic mass is 32.2. The minimum atomic E-state index is -0.0769. The van der Waals surface area contributed by atoms with Crippen molar-refractivity contribution in [3.05, 3.63) is 28.3 Å². The van der Waals surface area contributed by atoms with Crippen molar-refractivity contribution in [2.45, 2.75) is 57.9 Å². The first-order valence-corrected chi connectivity index (χ1v) is 10.1. The predicted molar refractivity (Wildman–Crippen MR) is 103 cm³/mol. The topological polar surface area (TPSA) is 44.4 Å². The van der Waals surface area contributed by atoms with Crippen molar-refractivity contribution >= 4 is 23.7 Å². The Bertz CT molecular complexity index is 583. The third-order valence-electron chi connectivity index (χ3n) is 5.40. The third kappa shape index (κ3) is 3.89. The maximum absolute atomic E-state index is 12.3. The van der Waals surface area contributed by atoms with Crippen LogP contribution in [-0.4, -0.2) is 36.8 Å². The number of nitrogens with one attached hydrogen (secondary N) is 2. The fourth-order valence-corrected chi connectivity index (χ4v) is 4.45. The highest BCUT2D eigenvalue weighted by molar-refractivity contribution is 7.97. The molecular formula is C19H29N3OS. The maximum Gasteiger partial charge on any atom is 0.329 e. The van der Waals surface area contributed by atoms with Crippen molar-refractivity contribution in [1.82, 2.24) is 9.62 Å². The van der Waals surface area contributed by atoms with Gasteiger partial charge in [0, 0.05) is 17.5 Å². The molecular weight excluding hydrogens is 318 g/mol. The summed E-state index contributed by atoms with van der Waals surface area (Å²) in [6.45, 7) is 2.21. The summed E-state index contributed by atoms with van der Waals surface area (Å²) in [4.78, 5) is 14.5. The number of hydrogen-bond acceptors (Lipinski definition) is 3. The molecule has 0 aromatic heterocycles. The second-order valence-electron chi connectivity index (χ2n) is 7.24. The minimum Gasteiger partial charge on any atom is -0.307 e. The van der Waals surface area contributed by atoms with E-state index in [1.807, 2.05) is 0 Å². The first-order chi connectivity index (χ1) is 11.6. The lowest BCUT2D eigenvalue weighted by Crippen LogP contribution is -2.27. The maximum atomic E-state index is 12.3. The zero-order valence-corrected chi connectivity index (χ0v) is 15.9. The average Bonchev–Trinajstić information content (AvgIpc) is 3.19. The van der Waals surface area contributed by atoms with Gasteiger partial charge in [0.05, 0.1) is 0 Å². The molecule has 0 aliphatic heterocycles. The highest BCUT2D eigenvalue weighted by Crippen LogP contribution is 2.38. The van der Waals surface area contributed by atoms with E-state index in [1.54, 1.807) is 0 Å². The van der Waals surface area contributed by atoms with Crippen LogP contribution in [0.1, 0.15) is 48.4 Å². The lowest BCUT2D eigenvalue weighted by molar-refractivity contribution is 0.257. The van der Waals surface area contributed by atoms with Gasteiger partial charge in [-0.3, -0.25) is 4.72 Å². The summed E-state index contributed by atoms with van der Waals surface area (Å²) < 4.78 is 2.96. The summed E-state index contributed by atoms with van der Waals surface area (Å²) in [6, 6.07) is 2.85. The zero-order valence-electron chi connectivity index (χ0n) is 15.1. The van der Waals surface area contributed by atoms with E-state index in [0.717, 1.165) is 43.5 Å². The number of carbonyl (C=O) groups excluding carboxylic acids is 1. The van der Waals surface area contributed by atoms with Crippen LogP contribution >= 0.6 is 11.9 Å². The predicted octanol–water partition coefficient (Wildman–Crippen LogP) is 3.77. The quantitative estimate of drug-likeness (QED) is 0.608. The number of fused-ring (bicyclic) bond motifs is 2. The summed E-state index contributed by atoms with van der Waals surface area (Å²) in [5.41, 5.74) is 6.81. The van der Waals surface area contributed by atoms with Crippen molar-refractivity contribution in [3.8, 4) is 0 Å². The number of urea groups is 1. The van der Waals surface area contributed by atoms with E-state index < -0.39 is 0 Å². The molecule has 1 aromatic rings. The molecule has 4 nitrogen and oxygen atoms in total. The zero-order chi connectivity index (χ0) is 17.1. The van der Waals surface area contributed by atoms with Gasteiger partial charge in [0.2, 0.25) is 0 Å². The molecule has 3 rings (SSSR count). The molecule has 0 fully saturated rings. The van der Waals surface area contributed by atoms with Crippen LogP contribution in [0.5, 0.6) is 0 Å². The Balaban J connectivity index is 1.57. The molecule has 2 aliphatic rings. The number of amides is 2. The summed E-state index contributed by atoms with van der Waals surface area (Å²) in [7, 11) is 4.18. The first kappa shape index (κ1) is 17.6. The Kier molecular flexibility index (Phi) is 5.72. The Morgan fingerprint density at radius 2 is 1.79 bits per heavy atom. The molecule has 1 aromatic carbocycles. The smallest absolute Gasteiger partial charge is 0.307 e. The van der Waals surface area contributed by atoms with Crippen LogP contribution in [0.3, 0.4) is 0 Å². The third-order valence-corrected chi connectivity index (χ3v) is 6.17. The van der Waals surface area contributed by atoms with Crippen molar-refractivity contribution in [2.75, 3.05) is 25.2 Å². The van der Waals surface area contributed by atoms with E-state index in [0.29, 0.717) is 6.04 Å². The van der Waals surface area contributed by atoms with Crippen molar-refractivity contribution < 1.29 is 4.79 Å².